The third-order valence-electron chi connectivity index (χ3n) is 3.44. The summed E-state index contributed by atoms with van der Waals surface area (Å²) in [6, 6.07) is 1.59. The maximum Gasteiger partial charge on any atom is 0.0714 e. The second-order valence-corrected chi connectivity index (χ2v) is 4.43. The second-order valence-electron chi connectivity index (χ2n) is 4.43. The Hall–Kier alpha value is -1.44. The van der Waals surface area contributed by atoms with Crippen LogP contribution < -0.4 is 0 Å². The smallest absolute Gasteiger partial charge is 0.0714 e. The maximum absolute atomic E-state index is 2.46. The normalized spacial score (nSPS) is 36.7. The van der Waals surface area contributed by atoms with Crippen LogP contribution >= 0.6 is 0 Å². The minimum atomic E-state index is 0.500. The highest BCUT2D eigenvalue weighted by Crippen LogP contribution is 2.27. The quantitative estimate of drug-likeness (QED) is 0.589. The first kappa shape index (κ1) is 8.84. The molecule has 0 aromatic heterocycles. The number of nitrogens with zero attached hydrogens (tertiary/aromatic N) is 2. The van der Waals surface area contributed by atoms with Gasteiger partial charge in [0.1, 0.15) is 0 Å². The van der Waals surface area contributed by atoms with Gasteiger partial charge in [0.15, 0.2) is 0 Å². The zero-order valence-corrected chi connectivity index (χ0v) is 8.95. The lowest BCUT2D eigenvalue weighted by atomic mass is 9.95. The lowest BCUT2D eigenvalue weighted by Gasteiger charge is -2.50. The van der Waals surface area contributed by atoms with Crippen molar-refractivity contribution in [3.63, 3.8) is 0 Å². The van der Waals surface area contributed by atoms with Gasteiger partial charge in [-0.25, -0.2) is 0 Å². The van der Waals surface area contributed by atoms with Crippen LogP contribution in [0.2, 0.25) is 0 Å². The summed E-state index contributed by atoms with van der Waals surface area (Å²) in [4.78, 5) is 4.90. The van der Waals surface area contributed by atoms with Gasteiger partial charge in [-0.2, -0.15) is 0 Å². The van der Waals surface area contributed by atoms with E-state index in [0.29, 0.717) is 18.1 Å². The van der Waals surface area contributed by atoms with Crippen molar-refractivity contribution in [2.45, 2.75) is 25.0 Å². The Morgan fingerprint density at radius 2 is 1.67 bits per heavy atom. The molecule has 78 valence electrons. The molecule has 1 fully saturated rings. The van der Waals surface area contributed by atoms with E-state index in [2.05, 4.69) is 65.6 Å². The first-order chi connectivity index (χ1) is 7.36. The highest BCUT2D eigenvalue weighted by Gasteiger charge is 2.35. The lowest BCUT2D eigenvalue weighted by molar-refractivity contribution is 0.0849. The molecule has 0 radical (unpaired) electrons. The molecule has 3 unspecified atom stereocenters. The fraction of sp³-hybridized carbons (Fsp3) is 0.385. The summed E-state index contributed by atoms with van der Waals surface area (Å²) < 4.78 is 0. The molecule has 3 rings (SSSR count). The molecular formula is C13H16N2. The zero-order valence-electron chi connectivity index (χ0n) is 8.95. The van der Waals surface area contributed by atoms with Gasteiger partial charge >= 0.3 is 0 Å². The maximum atomic E-state index is 2.46. The van der Waals surface area contributed by atoms with Crippen molar-refractivity contribution < 1.29 is 0 Å². The topological polar surface area (TPSA) is 6.48 Å². The zero-order chi connectivity index (χ0) is 10.3. The summed E-state index contributed by atoms with van der Waals surface area (Å²) in [7, 11) is 0. The Bertz CT molecular complexity index is 365. The molecule has 0 bridgehead atoms. The molecule has 15 heavy (non-hydrogen) atoms. The molecule has 0 aromatic rings. The van der Waals surface area contributed by atoms with Gasteiger partial charge in [-0.15, -0.1) is 0 Å². The van der Waals surface area contributed by atoms with Crippen molar-refractivity contribution in [1.29, 1.82) is 0 Å². The summed E-state index contributed by atoms with van der Waals surface area (Å²) in [5.74, 6) is 0. The first-order valence-corrected chi connectivity index (χ1v) is 5.59. The van der Waals surface area contributed by atoms with E-state index < -0.39 is 0 Å². The molecule has 0 saturated carbocycles. The van der Waals surface area contributed by atoms with Gasteiger partial charge in [0, 0.05) is 18.8 Å². The van der Waals surface area contributed by atoms with Crippen molar-refractivity contribution in [3.05, 3.63) is 48.9 Å². The average molecular weight is 200 g/mol. The van der Waals surface area contributed by atoms with Crippen LogP contribution in [0.4, 0.5) is 0 Å². The highest BCUT2D eigenvalue weighted by molar-refractivity contribution is 5.26. The predicted octanol–water partition coefficient (Wildman–Crippen LogP) is 1.90. The van der Waals surface area contributed by atoms with Crippen LogP contribution in [-0.2, 0) is 0 Å². The van der Waals surface area contributed by atoms with Crippen LogP contribution in [0, 0.1) is 0 Å². The highest BCUT2D eigenvalue weighted by atomic mass is 15.3. The van der Waals surface area contributed by atoms with Crippen molar-refractivity contribution in [3.8, 4) is 0 Å². The SMILES string of the molecule is CC1CN2C=CC=CC2C2C=CC=CN12. The number of hydrogen-bond donors (Lipinski definition) is 0. The van der Waals surface area contributed by atoms with Crippen LogP contribution in [0.15, 0.2) is 48.9 Å². The van der Waals surface area contributed by atoms with Gasteiger partial charge in [0.05, 0.1) is 12.1 Å². The third kappa shape index (κ3) is 1.32. The number of fused-ring (bicyclic) bond motifs is 3. The van der Waals surface area contributed by atoms with Crippen LogP contribution in [0.5, 0.6) is 0 Å². The Balaban J connectivity index is 1.94. The molecule has 0 aromatic carbocycles. The van der Waals surface area contributed by atoms with E-state index >= 15 is 0 Å². The summed E-state index contributed by atoms with van der Waals surface area (Å²) in [6.07, 6.45) is 17.6. The molecule has 2 nitrogen and oxygen atoms in total. The van der Waals surface area contributed by atoms with E-state index in [-0.39, 0.29) is 0 Å². The van der Waals surface area contributed by atoms with Crippen molar-refractivity contribution >= 4 is 0 Å². The minimum absolute atomic E-state index is 0.500. The summed E-state index contributed by atoms with van der Waals surface area (Å²) in [5.41, 5.74) is 0. The van der Waals surface area contributed by atoms with E-state index in [1.807, 2.05) is 0 Å². The standard InChI is InChI=1S/C13H16N2/c1-11-10-14-8-4-2-6-12(14)13-7-3-5-9-15(11)13/h2-9,11-13H,10H2,1H3. The second kappa shape index (κ2) is 3.30. The fourth-order valence-electron chi connectivity index (χ4n) is 2.70. The van der Waals surface area contributed by atoms with Crippen LogP contribution in [0.1, 0.15) is 6.92 Å². The van der Waals surface area contributed by atoms with E-state index in [1.165, 1.54) is 0 Å². The number of piperazine rings is 1. The first-order valence-electron chi connectivity index (χ1n) is 5.59. The molecule has 1 saturated heterocycles. The van der Waals surface area contributed by atoms with Gasteiger partial charge in [-0.3, -0.25) is 0 Å². The number of hydrogen-bond acceptors (Lipinski definition) is 2. The van der Waals surface area contributed by atoms with Gasteiger partial charge in [0.2, 0.25) is 0 Å². The molecule has 3 atom stereocenters. The van der Waals surface area contributed by atoms with E-state index in [1.54, 1.807) is 0 Å². The summed E-state index contributed by atoms with van der Waals surface area (Å²) >= 11 is 0. The fourth-order valence-corrected chi connectivity index (χ4v) is 2.70. The molecule has 0 aliphatic carbocycles. The Labute approximate surface area is 90.9 Å². The molecule has 0 amide bonds. The van der Waals surface area contributed by atoms with Crippen LogP contribution in [0.25, 0.3) is 0 Å². The molecular weight excluding hydrogens is 184 g/mol. The predicted molar refractivity (Wildman–Crippen MR) is 62.1 cm³/mol. The van der Waals surface area contributed by atoms with Gasteiger partial charge in [-0.05, 0) is 25.3 Å². The molecule has 0 spiro atoms. The van der Waals surface area contributed by atoms with Gasteiger partial charge < -0.3 is 9.80 Å². The van der Waals surface area contributed by atoms with Crippen molar-refractivity contribution in [2.24, 2.45) is 0 Å². The van der Waals surface area contributed by atoms with E-state index in [9.17, 15) is 0 Å². The number of allylic oxidation sites excluding steroid dienone is 4. The van der Waals surface area contributed by atoms with E-state index in [4.69, 9.17) is 0 Å². The number of rotatable bonds is 0. The largest absolute Gasteiger partial charge is 0.367 e. The molecule has 2 heteroatoms. The van der Waals surface area contributed by atoms with Crippen molar-refractivity contribution in [2.75, 3.05) is 6.54 Å². The Morgan fingerprint density at radius 3 is 2.53 bits per heavy atom. The molecule has 3 aliphatic rings. The Kier molecular flexibility index (Phi) is 1.94. The average Bonchev–Trinajstić information content (AvgIpc) is 2.30. The monoisotopic (exact) mass is 200 g/mol. The lowest BCUT2D eigenvalue weighted by Crippen LogP contribution is -2.59. The van der Waals surface area contributed by atoms with E-state index in [0.717, 1.165) is 6.54 Å². The molecule has 3 aliphatic heterocycles. The molecule has 3 heterocycles. The van der Waals surface area contributed by atoms with Gasteiger partial charge in [-0.1, -0.05) is 24.3 Å². The minimum Gasteiger partial charge on any atom is -0.367 e. The van der Waals surface area contributed by atoms with Crippen LogP contribution in [0.3, 0.4) is 0 Å². The summed E-state index contributed by atoms with van der Waals surface area (Å²) in [6.45, 7) is 3.40. The van der Waals surface area contributed by atoms with Crippen LogP contribution in [-0.4, -0.2) is 34.5 Å². The Morgan fingerprint density at radius 1 is 0.933 bits per heavy atom. The van der Waals surface area contributed by atoms with Crippen molar-refractivity contribution in [1.82, 2.24) is 9.80 Å². The third-order valence-corrected chi connectivity index (χ3v) is 3.44. The van der Waals surface area contributed by atoms with Gasteiger partial charge in [0.25, 0.3) is 0 Å². The molecule has 0 N–H and O–H groups in total. The summed E-state index contributed by atoms with van der Waals surface area (Å²) in [5, 5.41) is 0.